The van der Waals surface area contributed by atoms with Gasteiger partial charge in [-0.25, -0.2) is 13.2 Å². The predicted octanol–water partition coefficient (Wildman–Crippen LogP) is 3.82. The van der Waals surface area contributed by atoms with Crippen LogP contribution in [0.2, 0.25) is 0 Å². The van der Waals surface area contributed by atoms with E-state index < -0.39 is 16.0 Å². The van der Waals surface area contributed by atoms with Gasteiger partial charge in [0, 0.05) is 30.1 Å². The van der Waals surface area contributed by atoms with Crippen LogP contribution < -0.4 is 5.32 Å². The van der Waals surface area contributed by atoms with Crippen LogP contribution in [-0.4, -0.2) is 78.5 Å². The van der Waals surface area contributed by atoms with Crippen LogP contribution in [0.15, 0.2) is 34.3 Å². The van der Waals surface area contributed by atoms with Crippen LogP contribution in [-0.2, 0) is 30.8 Å². The number of aryl methyl sites for hydroxylation is 1. The standard InChI is InChI=1S/C26H33N5O6S3/c1-16(2)14-31-23(19-7-6-8-20(13-19)40(34,35)30-9-11-37-12-10-30)28-29-26(31)38-15-21(32)27-24-22(25(33)36-5)17(3)18(4)39-24/h6-8,13,16H,9-12,14-15H2,1-5H3,(H,27,32). The van der Waals surface area contributed by atoms with Gasteiger partial charge in [0.2, 0.25) is 15.9 Å². The normalized spacial score (nSPS) is 14.4. The number of methoxy groups -OCH3 is 1. The van der Waals surface area contributed by atoms with Crippen LogP contribution in [0.3, 0.4) is 0 Å². The molecule has 1 saturated heterocycles. The van der Waals surface area contributed by atoms with E-state index in [0.29, 0.717) is 60.0 Å². The van der Waals surface area contributed by atoms with Gasteiger partial charge in [0.25, 0.3) is 0 Å². The summed E-state index contributed by atoms with van der Waals surface area (Å²) in [6.45, 7) is 9.74. The van der Waals surface area contributed by atoms with E-state index in [-0.39, 0.29) is 22.5 Å². The summed E-state index contributed by atoms with van der Waals surface area (Å²) in [6, 6.07) is 6.69. The SMILES string of the molecule is COC(=O)c1c(NC(=O)CSc2nnc(-c3cccc(S(=O)(=O)N4CCOCC4)c3)n2CC(C)C)sc(C)c1C. The Morgan fingerprint density at radius 3 is 2.60 bits per heavy atom. The first-order chi connectivity index (χ1) is 19.0. The van der Waals surface area contributed by atoms with Crippen LogP contribution in [0.5, 0.6) is 0 Å². The number of ether oxygens (including phenoxy) is 2. The fraction of sp³-hybridized carbons (Fsp3) is 0.462. The Hall–Kier alpha value is -2.78. The maximum absolute atomic E-state index is 13.2. The number of esters is 1. The molecule has 11 nitrogen and oxygen atoms in total. The maximum atomic E-state index is 13.2. The quantitative estimate of drug-likeness (QED) is 0.270. The molecule has 1 aliphatic heterocycles. The molecule has 2 aromatic heterocycles. The number of nitrogens with one attached hydrogen (secondary N) is 1. The smallest absolute Gasteiger partial charge is 0.341 e. The third-order valence-electron chi connectivity index (χ3n) is 6.32. The van der Waals surface area contributed by atoms with E-state index in [0.717, 1.165) is 10.4 Å². The van der Waals surface area contributed by atoms with Gasteiger partial charge in [0.15, 0.2) is 11.0 Å². The van der Waals surface area contributed by atoms with E-state index in [2.05, 4.69) is 29.4 Å². The molecule has 40 heavy (non-hydrogen) atoms. The number of sulfonamides is 1. The molecule has 0 unspecified atom stereocenters. The van der Waals surface area contributed by atoms with E-state index >= 15 is 0 Å². The number of thioether (sulfide) groups is 1. The minimum Gasteiger partial charge on any atom is -0.465 e. The molecule has 0 radical (unpaired) electrons. The molecule has 0 spiro atoms. The number of thiophene rings is 1. The van der Waals surface area contributed by atoms with Gasteiger partial charge in [0.05, 0.1) is 36.5 Å². The van der Waals surface area contributed by atoms with E-state index in [9.17, 15) is 18.0 Å². The first kappa shape index (κ1) is 30.2. The van der Waals surface area contributed by atoms with Crippen molar-refractivity contribution < 1.29 is 27.5 Å². The van der Waals surface area contributed by atoms with Gasteiger partial charge in [-0.2, -0.15) is 4.31 Å². The number of anilines is 1. The zero-order chi connectivity index (χ0) is 29.0. The van der Waals surface area contributed by atoms with Crippen molar-refractivity contribution in [3.8, 4) is 11.4 Å². The van der Waals surface area contributed by atoms with E-state index in [1.165, 1.54) is 34.5 Å². The van der Waals surface area contributed by atoms with Gasteiger partial charge < -0.3 is 19.4 Å². The fourth-order valence-corrected chi connectivity index (χ4v) is 7.49. The van der Waals surface area contributed by atoms with E-state index in [1.807, 2.05) is 18.4 Å². The molecule has 4 rings (SSSR count). The van der Waals surface area contributed by atoms with Crippen molar-refractivity contribution in [1.29, 1.82) is 0 Å². The fourth-order valence-electron chi connectivity index (χ4n) is 4.23. The molecule has 1 amide bonds. The lowest BCUT2D eigenvalue weighted by molar-refractivity contribution is -0.113. The molecule has 0 atom stereocenters. The monoisotopic (exact) mass is 607 g/mol. The average molecular weight is 608 g/mol. The first-order valence-electron chi connectivity index (χ1n) is 12.8. The van der Waals surface area contributed by atoms with Gasteiger partial charge in [-0.15, -0.1) is 21.5 Å². The number of carbonyl (C=O) groups excluding carboxylic acids is 2. The number of benzene rings is 1. The van der Waals surface area contributed by atoms with Gasteiger partial charge >= 0.3 is 5.97 Å². The third kappa shape index (κ3) is 6.57. The van der Waals surface area contributed by atoms with Crippen LogP contribution in [0.1, 0.15) is 34.6 Å². The molecule has 1 N–H and O–H groups in total. The Bertz CT molecular complexity index is 1490. The van der Waals surface area contributed by atoms with Crippen molar-refractivity contribution in [2.45, 2.75) is 44.3 Å². The highest BCUT2D eigenvalue weighted by Gasteiger charge is 2.27. The summed E-state index contributed by atoms with van der Waals surface area (Å²) in [4.78, 5) is 26.2. The van der Waals surface area contributed by atoms with Crippen LogP contribution >= 0.6 is 23.1 Å². The molecule has 1 aliphatic rings. The molecule has 1 aromatic carbocycles. The van der Waals surface area contributed by atoms with Gasteiger partial charge in [-0.05, 0) is 37.5 Å². The second-order valence-electron chi connectivity index (χ2n) is 9.67. The minimum atomic E-state index is -3.68. The molecule has 216 valence electrons. The predicted molar refractivity (Wildman–Crippen MR) is 154 cm³/mol. The number of aromatic nitrogens is 3. The number of hydrogen-bond donors (Lipinski definition) is 1. The first-order valence-corrected chi connectivity index (χ1v) is 16.0. The highest BCUT2D eigenvalue weighted by molar-refractivity contribution is 7.99. The largest absolute Gasteiger partial charge is 0.465 e. The van der Waals surface area contributed by atoms with Crippen molar-refractivity contribution in [2.24, 2.45) is 5.92 Å². The van der Waals surface area contributed by atoms with Crippen LogP contribution in [0.25, 0.3) is 11.4 Å². The van der Waals surface area contributed by atoms with Crippen molar-refractivity contribution >= 4 is 50.0 Å². The summed E-state index contributed by atoms with van der Waals surface area (Å²) in [5, 5.41) is 12.5. The summed E-state index contributed by atoms with van der Waals surface area (Å²) in [7, 11) is -2.37. The molecule has 3 heterocycles. The number of carbonyl (C=O) groups is 2. The lowest BCUT2D eigenvalue weighted by Crippen LogP contribution is -2.40. The summed E-state index contributed by atoms with van der Waals surface area (Å²) in [5.41, 5.74) is 1.76. The van der Waals surface area contributed by atoms with E-state index in [4.69, 9.17) is 9.47 Å². The summed E-state index contributed by atoms with van der Waals surface area (Å²) >= 11 is 2.55. The molecule has 3 aromatic rings. The zero-order valence-corrected chi connectivity index (χ0v) is 25.5. The molecule has 0 bridgehead atoms. The lowest BCUT2D eigenvalue weighted by Gasteiger charge is -2.26. The highest BCUT2D eigenvalue weighted by Crippen LogP contribution is 2.33. The molecular weight excluding hydrogens is 575 g/mol. The second kappa shape index (κ2) is 12.8. The second-order valence-corrected chi connectivity index (χ2v) is 13.8. The molecule has 1 fully saturated rings. The van der Waals surface area contributed by atoms with Crippen LogP contribution in [0.4, 0.5) is 5.00 Å². The average Bonchev–Trinajstić information content (AvgIpc) is 3.46. The number of rotatable bonds is 10. The Labute approximate surface area is 242 Å². The van der Waals surface area contributed by atoms with Crippen LogP contribution in [0, 0.1) is 19.8 Å². The number of morpholine rings is 1. The van der Waals surface area contributed by atoms with E-state index in [1.54, 1.807) is 24.3 Å². The number of hydrogen-bond acceptors (Lipinski definition) is 10. The number of amides is 1. The Morgan fingerprint density at radius 1 is 1.20 bits per heavy atom. The lowest BCUT2D eigenvalue weighted by atomic mass is 10.1. The highest BCUT2D eigenvalue weighted by atomic mass is 32.2. The van der Waals surface area contributed by atoms with Crippen molar-refractivity contribution in [2.75, 3.05) is 44.5 Å². The Balaban J connectivity index is 1.55. The summed E-state index contributed by atoms with van der Waals surface area (Å²) in [5.74, 6) is 0.00815. The summed E-state index contributed by atoms with van der Waals surface area (Å²) in [6.07, 6.45) is 0. The number of nitrogens with zero attached hydrogens (tertiary/aromatic N) is 4. The third-order valence-corrected chi connectivity index (χ3v) is 10.3. The molecule has 14 heteroatoms. The van der Waals surface area contributed by atoms with Gasteiger partial charge in [-0.1, -0.05) is 37.7 Å². The zero-order valence-electron chi connectivity index (χ0n) is 23.1. The maximum Gasteiger partial charge on any atom is 0.341 e. The molecule has 0 saturated carbocycles. The van der Waals surface area contributed by atoms with Gasteiger partial charge in [0.1, 0.15) is 5.00 Å². The molecular formula is C26H33N5O6S3. The summed E-state index contributed by atoms with van der Waals surface area (Å²) < 4.78 is 40.0. The Kier molecular flexibility index (Phi) is 9.67. The Morgan fingerprint density at radius 2 is 1.93 bits per heavy atom. The van der Waals surface area contributed by atoms with Gasteiger partial charge in [-0.3, -0.25) is 4.79 Å². The topological polar surface area (TPSA) is 133 Å². The minimum absolute atomic E-state index is 0.0400. The van der Waals surface area contributed by atoms with Crippen molar-refractivity contribution in [3.05, 3.63) is 40.3 Å². The van der Waals surface area contributed by atoms with Crippen molar-refractivity contribution in [1.82, 2.24) is 19.1 Å². The van der Waals surface area contributed by atoms with Crippen molar-refractivity contribution in [3.63, 3.8) is 0 Å². The molecule has 0 aliphatic carbocycles.